The number of furan rings is 2. The summed E-state index contributed by atoms with van der Waals surface area (Å²) in [6.45, 7) is 2.57. The molecule has 0 aromatic carbocycles. The minimum Gasteiger partial charge on any atom is -0.480 e. The number of aliphatic imine (C=N–C) groups is 3. The maximum atomic E-state index is 13.5. The zero-order valence-electron chi connectivity index (χ0n) is 25.6. The van der Waals surface area contributed by atoms with E-state index in [0.717, 1.165) is 0 Å². The highest BCUT2D eigenvalue weighted by atomic mass is 16.4. The minimum atomic E-state index is -1.22. The van der Waals surface area contributed by atoms with Gasteiger partial charge in [0.25, 0.3) is 5.91 Å². The van der Waals surface area contributed by atoms with Gasteiger partial charge in [-0.25, -0.2) is 19.6 Å². The van der Waals surface area contributed by atoms with Gasteiger partial charge in [-0.15, -0.1) is 0 Å². The molecule has 0 unspecified atom stereocenters. The maximum Gasteiger partial charge on any atom is 0.326 e. The van der Waals surface area contributed by atoms with Crippen LogP contribution in [-0.2, 0) is 24.0 Å². The largest absolute Gasteiger partial charge is 0.480 e. The lowest BCUT2D eigenvalue weighted by Gasteiger charge is -2.22. The van der Waals surface area contributed by atoms with Crippen LogP contribution in [0.5, 0.6) is 0 Å². The highest BCUT2D eigenvalue weighted by Crippen LogP contribution is 2.24. The van der Waals surface area contributed by atoms with Crippen LogP contribution in [0.3, 0.4) is 0 Å². The molecule has 2 aliphatic rings. The van der Waals surface area contributed by atoms with Crippen molar-refractivity contribution in [1.82, 2.24) is 20.4 Å². The normalized spacial score (nSPS) is 18.4. The first-order valence-corrected chi connectivity index (χ1v) is 14.5. The summed E-state index contributed by atoms with van der Waals surface area (Å²) in [5.41, 5.74) is 6.56. The number of carboxylic acids is 2. The summed E-state index contributed by atoms with van der Waals surface area (Å²) in [7, 11) is 0. The van der Waals surface area contributed by atoms with E-state index < -0.39 is 41.7 Å². The molecule has 2 aromatic rings. The van der Waals surface area contributed by atoms with E-state index in [9.17, 15) is 34.2 Å². The number of nitrogens with one attached hydrogen (secondary N) is 2. The number of guanidine groups is 2. The highest BCUT2D eigenvalue weighted by Gasteiger charge is 2.34. The number of carbonyl (C=O) groups excluding carboxylic acids is 3. The van der Waals surface area contributed by atoms with Crippen LogP contribution in [0.15, 0.2) is 72.0 Å². The highest BCUT2D eigenvalue weighted by molar-refractivity contribution is 6.22. The van der Waals surface area contributed by atoms with Crippen molar-refractivity contribution >= 4 is 59.6 Å². The Kier molecular flexibility index (Phi) is 11.1. The molecule has 17 nitrogen and oxygen atoms in total. The Bertz CT molecular complexity index is 1660. The number of hydrogen-bond donors (Lipinski definition) is 5. The number of amides is 3. The molecule has 4 rings (SSSR count). The van der Waals surface area contributed by atoms with Gasteiger partial charge in [0.2, 0.25) is 23.7 Å². The Labute approximate surface area is 268 Å². The SMILES string of the molecule is CC(=O)N[C@@H](CCCN1C(=O)/C(=C\c2ccco2)N=C1/N=C1\C(=C\c2ccco2)N=C(N)N1CCC[C@H](NC(C)=O)C(=O)O)C(=O)O. The minimum absolute atomic E-state index is 0.00210. The number of nitrogens with zero attached hydrogens (tertiary/aromatic N) is 5. The van der Waals surface area contributed by atoms with Crippen LogP contribution in [0.2, 0.25) is 0 Å². The van der Waals surface area contributed by atoms with Crippen LogP contribution in [0.4, 0.5) is 0 Å². The first-order valence-electron chi connectivity index (χ1n) is 14.5. The zero-order chi connectivity index (χ0) is 34.1. The van der Waals surface area contributed by atoms with Crippen molar-refractivity contribution in [2.24, 2.45) is 20.7 Å². The van der Waals surface area contributed by atoms with Gasteiger partial charge in [-0.2, -0.15) is 4.99 Å². The van der Waals surface area contributed by atoms with Gasteiger partial charge in [0, 0.05) is 39.1 Å². The standard InChI is InChI=1S/C30H34N8O9/c1-17(39)32-21(27(42)43)9-3-11-37-25(23(34-29(37)31)15-19-7-5-13-46-19)36-30-35-24(16-20-8-6-14-47-20)26(41)38(30)12-4-10-22(28(44)45)33-18(2)40/h5-8,13-16,21-22H,3-4,9-12H2,1-2H3,(H2,31,34)(H,32,39)(H,33,40)(H,42,43)(H,44,45)/b23-15-,24-16+,36-25+/t21-,22-/m0/s1. The second-order valence-electron chi connectivity index (χ2n) is 10.5. The summed E-state index contributed by atoms with van der Waals surface area (Å²) >= 11 is 0. The summed E-state index contributed by atoms with van der Waals surface area (Å²) in [4.78, 5) is 76.2. The monoisotopic (exact) mass is 650 g/mol. The predicted molar refractivity (Wildman–Crippen MR) is 167 cm³/mol. The number of nitrogens with two attached hydrogens (primary N) is 1. The van der Waals surface area contributed by atoms with E-state index >= 15 is 0 Å². The molecule has 17 heteroatoms. The van der Waals surface area contributed by atoms with Crippen LogP contribution >= 0.6 is 0 Å². The molecule has 0 bridgehead atoms. The van der Waals surface area contributed by atoms with Gasteiger partial charge in [-0.3, -0.25) is 24.2 Å². The van der Waals surface area contributed by atoms with Gasteiger partial charge in [0.1, 0.15) is 35.0 Å². The van der Waals surface area contributed by atoms with Crippen LogP contribution in [0, 0.1) is 0 Å². The van der Waals surface area contributed by atoms with Gasteiger partial charge in [-0.05, 0) is 49.9 Å². The van der Waals surface area contributed by atoms with Gasteiger partial charge < -0.3 is 35.4 Å². The average Bonchev–Trinajstić information content (AvgIpc) is 3.80. The van der Waals surface area contributed by atoms with Gasteiger partial charge in [0.15, 0.2) is 5.84 Å². The van der Waals surface area contributed by atoms with E-state index in [1.807, 2.05) is 0 Å². The quantitative estimate of drug-likeness (QED) is 0.182. The zero-order valence-corrected chi connectivity index (χ0v) is 25.6. The second-order valence-corrected chi connectivity index (χ2v) is 10.5. The van der Waals surface area contributed by atoms with E-state index in [4.69, 9.17) is 19.6 Å². The van der Waals surface area contributed by atoms with Gasteiger partial charge >= 0.3 is 11.9 Å². The van der Waals surface area contributed by atoms with Crippen molar-refractivity contribution in [3.8, 4) is 0 Å². The van der Waals surface area contributed by atoms with Crippen molar-refractivity contribution in [3.63, 3.8) is 0 Å². The first kappa shape index (κ1) is 33.9. The maximum absolute atomic E-state index is 13.5. The lowest BCUT2D eigenvalue weighted by Crippen LogP contribution is -2.42. The molecular weight excluding hydrogens is 616 g/mol. The smallest absolute Gasteiger partial charge is 0.326 e. The summed E-state index contributed by atoms with van der Waals surface area (Å²) in [5.74, 6) is -2.96. The van der Waals surface area contributed by atoms with Gasteiger partial charge in [0.05, 0.1) is 12.5 Å². The Morgan fingerprint density at radius 2 is 1.38 bits per heavy atom. The summed E-state index contributed by atoms with van der Waals surface area (Å²) < 4.78 is 10.8. The molecule has 0 spiro atoms. The molecule has 0 saturated heterocycles. The number of carboxylic acid groups (broad SMARTS) is 2. The van der Waals surface area contributed by atoms with E-state index in [0.29, 0.717) is 11.5 Å². The van der Waals surface area contributed by atoms with E-state index in [1.165, 1.54) is 42.2 Å². The molecule has 0 fully saturated rings. The first-order chi connectivity index (χ1) is 22.4. The molecule has 248 valence electrons. The number of hydrogen-bond acceptors (Lipinski definition) is 11. The number of amidine groups is 1. The Morgan fingerprint density at radius 3 is 1.85 bits per heavy atom. The molecule has 0 radical (unpaired) electrons. The predicted octanol–water partition coefficient (Wildman–Crippen LogP) is 1.22. The van der Waals surface area contributed by atoms with Gasteiger partial charge in [-0.1, -0.05) is 0 Å². The molecule has 3 amide bonds. The van der Waals surface area contributed by atoms with E-state index in [1.54, 1.807) is 30.3 Å². The number of aliphatic carboxylic acids is 2. The summed E-state index contributed by atoms with van der Waals surface area (Å²) in [6, 6.07) is 4.35. The van der Waals surface area contributed by atoms with Crippen LogP contribution in [-0.4, -0.2) is 92.6 Å². The topological polar surface area (TPSA) is 246 Å². The number of rotatable bonds is 14. The molecule has 0 aliphatic carbocycles. The Hall–Kier alpha value is -6.00. The van der Waals surface area contributed by atoms with Crippen molar-refractivity contribution in [2.45, 2.75) is 51.6 Å². The lowest BCUT2D eigenvalue weighted by atomic mass is 10.1. The number of carbonyl (C=O) groups is 5. The molecule has 47 heavy (non-hydrogen) atoms. The Morgan fingerprint density at radius 1 is 0.872 bits per heavy atom. The lowest BCUT2D eigenvalue weighted by molar-refractivity contribution is -0.142. The molecule has 2 atom stereocenters. The van der Waals surface area contributed by atoms with E-state index in [-0.39, 0.29) is 67.9 Å². The van der Waals surface area contributed by atoms with Crippen molar-refractivity contribution in [2.75, 3.05) is 13.1 Å². The fraction of sp³-hybridized carbons (Fsp3) is 0.333. The molecular formula is C30H34N8O9. The molecule has 2 aromatic heterocycles. The summed E-state index contributed by atoms with van der Waals surface area (Å²) in [6.07, 6.45) is 6.42. The molecule has 0 saturated carbocycles. The second kappa shape index (κ2) is 15.3. The Balaban J connectivity index is 1.67. The van der Waals surface area contributed by atoms with E-state index in [2.05, 4.69) is 20.6 Å². The van der Waals surface area contributed by atoms with Crippen LogP contribution in [0.1, 0.15) is 51.1 Å². The van der Waals surface area contributed by atoms with Crippen LogP contribution in [0.25, 0.3) is 12.2 Å². The fourth-order valence-electron chi connectivity index (χ4n) is 4.76. The van der Waals surface area contributed by atoms with Crippen LogP contribution < -0.4 is 16.4 Å². The van der Waals surface area contributed by atoms with Crippen molar-refractivity contribution < 1.29 is 43.0 Å². The van der Waals surface area contributed by atoms with Crippen molar-refractivity contribution in [3.05, 3.63) is 59.7 Å². The molecule has 4 heterocycles. The van der Waals surface area contributed by atoms with Crippen molar-refractivity contribution in [1.29, 1.82) is 0 Å². The molecule has 6 N–H and O–H groups in total. The fourth-order valence-corrected chi connectivity index (χ4v) is 4.76. The molecule has 2 aliphatic heterocycles. The third kappa shape index (κ3) is 9.03. The average molecular weight is 651 g/mol. The third-order valence-corrected chi connectivity index (χ3v) is 6.87. The third-order valence-electron chi connectivity index (χ3n) is 6.87. The summed E-state index contributed by atoms with van der Waals surface area (Å²) in [5, 5.41) is 23.8.